The van der Waals surface area contributed by atoms with Crippen molar-refractivity contribution in [1.82, 2.24) is 5.43 Å². The summed E-state index contributed by atoms with van der Waals surface area (Å²) in [6.07, 6.45) is 1.78. The number of carbonyl (C=O) groups excluding carboxylic acids is 1. The monoisotopic (exact) mass is 482 g/mol. The van der Waals surface area contributed by atoms with Crippen LogP contribution in [-0.4, -0.2) is 26.3 Å². The fourth-order valence-corrected chi connectivity index (χ4v) is 3.41. The van der Waals surface area contributed by atoms with Gasteiger partial charge in [-0.05, 0) is 56.9 Å². The normalized spacial score (nSPS) is 10.7. The van der Waals surface area contributed by atoms with Crippen molar-refractivity contribution in [2.45, 2.75) is 13.0 Å². The van der Waals surface area contributed by atoms with Crippen LogP contribution in [0.25, 0.3) is 0 Å². The fraction of sp³-hybridized carbons (Fsp3) is 0.167. The van der Waals surface area contributed by atoms with Gasteiger partial charge >= 0.3 is 0 Å². The lowest BCUT2D eigenvalue weighted by Gasteiger charge is -2.13. The van der Waals surface area contributed by atoms with Gasteiger partial charge in [0, 0.05) is 0 Å². The summed E-state index contributed by atoms with van der Waals surface area (Å²) < 4.78 is 17.2. The molecule has 0 aromatic heterocycles. The first kappa shape index (κ1) is 22.4. The Bertz CT molecular complexity index is 1040. The Morgan fingerprint density at radius 3 is 2.42 bits per heavy atom. The van der Waals surface area contributed by atoms with Crippen molar-refractivity contribution in [1.29, 1.82) is 0 Å². The molecule has 3 aromatic rings. The molecule has 0 aliphatic carbocycles. The lowest BCUT2D eigenvalue weighted by Crippen LogP contribution is -2.19. The molecule has 0 saturated heterocycles. The molecule has 0 spiro atoms. The molecule has 0 aliphatic rings. The van der Waals surface area contributed by atoms with Crippen LogP contribution >= 0.6 is 15.9 Å². The molecule has 7 heteroatoms. The lowest BCUT2D eigenvalue weighted by atomic mass is 10.1. The van der Waals surface area contributed by atoms with Crippen molar-refractivity contribution in [2.75, 3.05) is 14.2 Å². The van der Waals surface area contributed by atoms with Gasteiger partial charge in [0.15, 0.2) is 11.5 Å². The number of ether oxygens (including phenoxy) is 3. The third-order valence-electron chi connectivity index (χ3n) is 4.40. The molecule has 0 atom stereocenters. The van der Waals surface area contributed by atoms with E-state index in [0.29, 0.717) is 18.1 Å². The number of benzene rings is 3. The highest BCUT2D eigenvalue weighted by molar-refractivity contribution is 9.10. The van der Waals surface area contributed by atoms with E-state index in [1.807, 2.05) is 60.7 Å². The van der Waals surface area contributed by atoms with Crippen molar-refractivity contribution in [3.05, 3.63) is 87.9 Å². The smallest absolute Gasteiger partial charge is 0.244 e. The predicted molar refractivity (Wildman–Crippen MR) is 124 cm³/mol. The summed E-state index contributed by atoms with van der Waals surface area (Å²) in [6.45, 7) is 0.421. The number of nitrogens with zero attached hydrogens (tertiary/aromatic N) is 1. The molecule has 0 aliphatic heterocycles. The minimum absolute atomic E-state index is 0.213. The third kappa shape index (κ3) is 6.58. The molecule has 0 fully saturated rings. The minimum atomic E-state index is -0.213. The van der Waals surface area contributed by atoms with Crippen LogP contribution in [0.4, 0.5) is 0 Å². The quantitative estimate of drug-likeness (QED) is 0.353. The van der Waals surface area contributed by atoms with Crippen LogP contribution in [0, 0.1) is 0 Å². The second-order valence-electron chi connectivity index (χ2n) is 6.63. The highest BCUT2D eigenvalue weighted by atomic mass is 79.9. The van der Waals surface area contributed by atoms with E-state index >= 15 is 0 Å². The van der Waals surface area contributed by atoms with Crippen molar-refractivity contribution in [2.24, 2.45) is 5.10 Å². The molecular formula is C24H23BrN2O4. The lowest BCUT2D eigenvalue weighted by molar-refractivity contribution is -0.120. The number of methoxy groups -OCH3 is 2. The number of carbonyl (C=O) groups is 1. The Kier molecular flexibility index (Phi) is 8.06. The van der Waals surface area contributed by atoms with E-state index in [1.165, 1.54) is 0 Å². The molecule has 31 heavy (non-hydrogen) atoms. The van der Waals surface area contributed by atoms with Gasteiger partial charge in [0.25, 0.3) is 0 Å². The van der Waals surface area contributed by atoms with Gasteiger partial charge in [0.1, 0.15) is 12.4 Å². The second-order valence-corrected chi connectivity index (χ2v) is 7.48. The molecule has 1 amide bonds. The minimum Gasteiger partial charge on any atom is -0.497 e. The maximum Gasteiger partial charge on any atom is 0.244 e. The van der Waals surface area contributed by atoms with Gasteiger partial charge in [0.05, 0.1) is 31.3 Å². The van der Waals surface area contributed by atoms with Crippen LogP contribution in [0.1, 0.15) is 16.7 Å². The van der Waals surface area contributed by atoms with Crippen molar-refractivity contribution >= 4 is 28.1 Å². The van der Waals surface area contributed by atoms with E-state index in [9.17, 15) is 4.79 Å². The first-order valence-electron chi connectivity index (χ1n) is 9.58. The fourth-order valence-electron chi connectivity index (χ4n) is 2.83. The van der Waals surface area contributed by atoms with Gasteiger partial charge < -0.3 is 14.2 Å². The molecule has 0 heterocycles. The predicted octanol–water partition coefficient (Wildman–Crippen LogP) is 4.74. The standard InChI is InChI=1S/C24H23BrN2O4/c1-29-20-10-8-17(9-11-20)14-23(28)27-26-15-19-12-21(25)24(22(13-19)30-2)31-16-18-6-4-3-5-7-18/h3-13,15H,14,16H2,1-2H3,(H,27,28)/b26-15-. The summed E-state index contributed by atoms with van der Waals surface area (Å²) in [4.78, 5) is 12.1. The first-order valence-corrected chi connectivity index (χ1v) is 10.4. The number of nitrogens with one attached hydrogen (secondary N) is 1. The number of rotatable bonds is 9. The highest BCUT2D eigenvalue weighted by Crippen LogP contribution is 2.36. The number of amides is 1. The van der Waals surface area contributed by atoms with Gasteiger partial charge in [0.2, 0.25) is 5.91 Å². The zero-order chi connectivity index (χ0) is 22.1. The van der Waals surface area contributed by atoms with Crippen LogP contribution in [0.3, 0.4) is 0 Å². The van der Waals surface area contributed by atoms with Crippen LogP contribution in [0.2, 0.25) is 0 Å². The molecule has 0 bridgehead atoms. The van der Waals surface area contributed by atoms with E-state index in [-0.39, 0.29) is 12.3 Å². The topological polar surface area (TPSA) is 69.2 Å². The summed E-state index contributed by atoms with van der Waals surface area (Å²) in [5, 5.41) is 4.04. The molecule has 0 saturated carbocycles. The van der Waals surface area contributed by atoms with Gasteiger partial charge in [-0.15, -0.1) is 0 Å². The van der Waals surface area contributed by atoms with Gasteiger partial charge in [-0.25, -0.2) is 5.43 Å². The third-order valence-corrected chi connectivity index (χ3v) is 4.99. The van der Waals surface area contributed by atoms with Crippen LogP contribution in [0.15, 0.2) is 76.3 Å². The van der Waals surface area contributed by atoms with E-state index in [0.717, 1.165) is 26.9 Å². The molecular weight excluding hydrogens is 460 g/mol. The molecule has 160 valence electrons. The number of hydrazone groups is 1. The van der Waals surface area contributed by atoms with Gasteiger partial charge in [-0.1, -0.05) is 42.5 Å². The van der Waals surface area contributed by atoms with E-state index in [4.69, 9.17) is 14.2 Å². The Labute approximate surface area is 190 Å². The van der Waals surface area contributed by atoms with Crippen molar-refractivity contribution in [3.63, 3.8) is 0 Å². The average Bonchev–Trinajstić information content (AvgIpc) is 2.79. The van der Waals surface area contributed by atoms with Crippen LogP contribution < -0.4 is 19.6 Å². The summed E-state index contributed by atoms with van der Waals surface area (Å²) in [5.74, 6) is 1.71. The van der Waals surface area contributed by atoms with E-state index in [1.54, 1.807) is 26.5 Å². The highest BCUT2D eigenvalue weighted by Gasteiger charge is 2.12. The summed E-state index contributed by atoms with van der Waals surface area (Å²) >= 11 is 3.52. The molecule has 3 rings (SSSR count). The van der Waals surface area contributed by atoms with Crippen molar-refractivity contribution in [3.8, 4) is 17.2 Å². The Morgan fingerprint density at radius 2 is 1.74 bits per heavy atom. The van der Waals surface area contributed by atoms with Crippen molar-refractivity contribution < 1.29 is 19.0 Å². The summed E-state index contributed by atoms with van der Waals surface area (Å²) in [6, 6.07) is 20.9. The maximum atomic E-state index is 12.1. The summed E-state index contributed by atoms with van der Waals surface area (Å²) in [7, 11) is 3.18. The zero-order valence-electron chi connectivity index (χ0n) is 17.3. The second kappa shape index (κ2) is 11.2. The molecule has 0 unspecified atom stereocenters. The maximum absolute atomic E-state index is 12.1. The Morgan fingerprint density at radius 1 is 1.00 bits per heavy atom. The van der Waals surface area contributed by atoms with E-state index < -0.39 is 0 Å². The van der Waals surface area contributed by atoms with Crippen LogP contribution in [0.5, 0.6) is 17.2 Å². The zero-order valence-corrected chi connectivity index (χ0v) is 18.9. The SMILES string of the molecule is COc1ccc(CC(=O)N/N=C\c2cc(Br)c(OCc3ccccc3)c(OC)c2)cc1. The largest absolute Gasteiger partial charge is 0.497 e. The number of halogens is 1. The Hall–Kier alpha value is -3.32. The number of hydrogen-bond acceptors (Lipinski definition) is 5. The molecule has 1 N–H and O–H groups in total. The van der Waals surface area contributed by atoms with Gasteiger partial charge in [-0.2, -0.15) is 5.10 Å². The Balaban J connectivity index is 1.60. The summed E-state index contributed by atoms with van der Waals surface area (Å²) in [5.41, 5.74) is 5.22. The molecule has 0 radical (unpaired) electrons. The van der Waals surface area contributed by atoms with E-state index in [2.05, 4.69) is 26.5 Å². The first-order chi connectivity index (χ1) is 15.1. The number of hydrogen-bond donors (Lipinski definition) is 1. The van der Waals surface area contributed by atoms with Crippen LogP contribution in [-0.2, 0) is 17.8 Å². The molecule has 6 nitrogen and oxygen atoms in total. The average molecular weight is 483 g/mol. The van der Waals surface area contributed by atoms with Gasteiger partial charge in [-0.3, -0.25) is 4.79 Å². The molecule has 3 aromatic carbocycles.